The summed E-state index contributed by atoms with van der Waals surface area (Å²) in [6, 6.07) is 14.2. The number of anilines is 1. The lowest BCUT2D eigenvalue weighted by Crippen LogP contribution is -2.49. The quantitative estimate of drug-likeness (QED) is 0.504. The molecule has 2 heterocycles. The van der Waals surface area contributed by atoms with E-state index >= 15 is 0 Å². The van der Waals surface area contributed by atoms with E-state index in [1.807, 2.05) is 30.3 Å². The van der Waals surface area contributed by atoms with Gasteiger partial charge in [-0.15, -0.1) is 0 Å². The van der Waals surface area contributed by atoms with E-state index < -0.39 is 6.10 Å². The lowest BCUT2D eigenvalue weighted by atomic mass is 9.87. The number of aryl methyl sites for hydroxylation is 1. The van der Waals surface area contributed by atoms with Crippen molar-refractivity contribution in [2.75, 3.05) is 24.5 Å². The molecule has 35 heavy (non-hydrogen) atoms. The van der Waals surface area contributed by atoms with Crippen molar-refractivity contribution < 1.29 is 14.6 Å². The topological polar surface area (TPSA) is 73.8 Å². The van der Waals surface area contributed by atoms with Gasteiger partial charge in [-0.25, -0.2) is 0 Å². The zero-order valence-electron chi connectivity index (χ0n) is 21.6. The van der Waals surface area contributed by atoms with Crippen molar-refractivity contribution in [2.45, 2.75) is 83.6 Å². The molecule has 0 radical (unpaired) electrons. The van der Waals surface area contributed by atoms with E-state index in [2.05, 4.69) is 48.4 Å². The molecule has 2 aliphatic heterocycles. The predicted molar refractivity (Wildman–Crippen MR) is 141 cm³/mol. The number of nitrogens with one attached hydrogen (secondary N) is 2. The van der Waals surface area contributed by atoms with Crippen LogP contribution in [0, 0.1) is 0 Å². The Balaban J connectivity index is 1.55. The molecule has 2 aromatic carbocycles. The Labute approximate surface area is 210 Å². The van der Waals surface area contributed by atoms with E-state index in [1.54, 1.807) is 0 Å². The van der Waals surface area contributed by atoms with Gasteiger partial charge in [0.2, 0.25) is 5.91 Å². The third-order valence-electron chi connectivity index (χ3n) is 7.19. The molecule has 0 unspecified atom stereocenters. The second-order valence-electron chi connectivity index (χ2n) is 10.7. The molecular weight excluding hydrogens is 438 g/mol. The molecule has 2 aromatic rings. The Kier molecular flexibility index (Phi) is 8.02. The highest BCUT2D eigenvalue weighted by Gasteiger charge is 2.37. The summed E-state index contributed by atoms with van der Waals surface area (Å²) in [6.45, 7) is 10.5. The van der Waals surface area contributed by atoms with Gasteiger partial charge in [0.15, 0.2) is 0 Å². The lowest BCUT2D eigenvalue weighted by molar-refractivity contribution is -0.120. The molecule has 2 aliphatic rings. The van der Waals surface area contributed by atoms with E-state index in [4.69, 9.17) is 4.74 Å². The van der Waals surface area contributed by atoms with Gasteiger partial charge >= 0.3 is 0 Å². The van der Waals surface area contributed by atoms with Crippen LogP contribution >= 0.6 is 0 Å². The Morgan fingerprint density at radius 1 is 1.17 bits per heavy atom. The highest BCUT2D eigenvalue weighted by molar-refractivity contribution is 5.73. The maximum absolute atomic E-state index is 11.9. The van der Waals surface area contributed by atoms with Crippen molar-refractivity contribution in [1.29, 1.82) is 0 Å². The van der Waals surface area contributed by atoms with E-state index in [0.717, 1.165) is 37.2 Å². The highest BCUT2D eigenvalue weighted by Crippen LogP contribution is 2.46. The first kappa shape index (κ1) is 25.5. The van der Waals surface area contributed by atoms with Crippen LogP contribution in [0.5, 0.6) is 5.75 Å². The second-order valence-corrected chi connectivity index (χ2v) is 10.7. The van der Waals surface area contributed by atoms with E-state index in [0.29, 0.717) is 13.0 Å². The van der Waals surface area contributed by atoms with Crippen LogP contribution in [0.2, 0.25) is 0 Å². The van der Waals surface area contributed by atoms with Gasteiger partial charge < -0.3 is 25.4 Å². The molecule has 6 heteroatoms. The predicted octanol–water partition coefficient (Wildman–Crippen LogP) is 4.15. The van der Waals surface area contributed by atoms with Crippen LogP contribution in [0.25, 0.3) is 0 Å². The molecule has 0 saturated carbocycles. The van der Waals surface area contributed by atoms with Gasteiger partial charge in [0.05, 0.1) is 17.8 Å². The fraction of sp³-hybridized carbons (Fsp3) is 0.552. The fourth-order valence-corrected chi connectivity index (χ4v) is 5.38. The number of benzene rings is 2. The average molecular weight is 480 g/mol. The van der Waals surface area contributed by atoms with Gasteiger partial charge in [0.25, 0.3) is 0 Å². The summed E-state index contributed by atoms with van der Waals surface area (Å²) in [7, 11) is 0. The molecule has 4 rings (SSSR count). The molecule has 0 aliphatic carbocycles. The molecule has 1 amide bonds. The SMILES string of the molecule is CCc1cc2c(c(N3CCCC3)c1)OC(C)(C)C[C@@H]2NC[C@@H](O)[C@H](Cc1ccccc1)NC(C)=O. The fourth-order valence-electron chi connectivity index (χ4n) is 5.38. The molecule has 3 atom stereocenters. The Hall–Kier alpha value is -2.57. The standard InChI is InChI=1S/C29H41N3O3/c1-5-21-15-23-25(18-29(3,4)35-28(23)26(17-21)32-13-9-10-14-32)30-19-27(34)24(31-20(2)33)16-22-11-7-6-8-12-22/h6-8,11-12,15,17,24-25,27,30,34H,5,9-10,13-14,16,18-19H2,1-4H3,(H,31,33)/t24-,25-,27+/m0/s1. The van der Waals surface area contributed by atoms with Crippen molar-refractivity contribution >= 4 is 11.6 Å². The summed E-state index contributed by atoms with van der Waals surface area (Å²) in [5.41, 5.74) is 4.46. The van der Waals surface area contributed by atoms with Crippen LogP contribution in [0.1, 0.15) is 69.7 Å². The average Bonchev–Trinajstić information content (AvgIpc) is 3.36. The number of amides is 1. The summed E-state index contributed by atoms with van der Waals surface area (Å²) in [6.07, 6.45) is 4.07. The zero-order chi connectivity index (χ0) is 25.0. The van der Waals surface area contributed by atoms with E-state index in [1.165, 1.54) is 36.6 Å². The monoisotopic (exact) mass is 479 g/mol. The molecule has 6 nitrogen and oxygen atoms in total. The molecule has 0 bridgehead atoms. The van der Waals surface area contributed by atoms with Crippen LogP contribution in [0.4, 0.5) is 5.69 Å². The van der Waals surface area contributed by atoms with Gasteiger partial charge in [-0.2, -0.15) is 0 Å². The number of nitrogens with zero attached hydrogens (tertiary/aromatic N) is 1. The first-order valence-electron chi connectivity index (χ1n) is 13.1. The molecule has 190 valence electrons. The van der Waals surface area contributed by atoms with Crippen molar-refractivity contribution in [3.63, 3.8) is 0 Å². The van der Waals surface area contributed by atoms with E-state index in [9.17, 15) is 9.90 Å². The lowest BCUT2D eigenvalue weighted by Gasteiger charge is -2.41. The number of carbonyl (C=O) groups excluding carboxylic acids is 1. The van der Waals surface area contributed by atoms with Crippen molar-refractivity contribution in [1.82, 2.24) is 10.6 Å². The normalized spacial score (nSPS) is 20.6. The van der Waals surface area contributed by atoms with Crippen LogP contribution in [0.3, 0.4) is 0 Å². The van der Waals surface area contributed by atoms with E-state index in [-0.39, 0.29) is 23.6 Å². The van der Waals surface area contributed by atoms with Crippen LogP contribution in [-0.4, -0.2) is 48.4 Å². The van der Waals surface area contributed by atoms with Crippen molar-refractivity contribution in [2.24, 2.45) is 0 Å². The van der Waals surface area contributed by atoms with Crippen molar-refractivity contribution in [3.05, 3.63) is 59.2 Å². The number of hydrogen-bond acceptors (Lipinski definition) is 5. The number of ether oxygens (including phenoxy) is 1. The number of aliphatic hydroxyl groups is 1. The van der Waals surface area contributed by atoms with Gasteiger partial charge in [-0.3, -0.25) is 4.79 Å². The summed E-state index contributed by atoms with van der Waals surface area (Å²) >= 11 is 0. The third-order valence-corrected chi connectivity index (χ3v) is 7.19. The Bertz CT molecular complexity index is 1000. The first-order chi connectivity index (χ1) is 16.8. The van der Waals surface area contributed by atoms with Gasteiger partial charge in [0.1, 0.15) is 11.4 Å². The maximum atomic E-state index is 11.9. The summed E-state index contributed by atoms with van der Waals surface area (Å²) in [5.74, 6) is 0.848. The molecule has 0 spiro atoms. The smallest absolute Gasteiger partial charge is 0.217 e. The minimum atomic E-state index is -0.721. The first-order valence-corrected chi connectivity index (χ1v) is 13.1. The molecule has 1 saturated heterocycles. The number of hydrogen-bond donors (Lipinski definition) is 3. The van der Waals surface area contributed by atoms with Gasteiger partial charge in [-0.1, -0.05) is 43.3 Å². The Morgan fingerprint density at radius 3 is 2.54 bits per heavy atom. The third kappa shape index (κ3) is 6.36. The Morgan fingerprint density at radius 2 is 1.89 bits per heavy atom. The maximum Gasteiger partial charge on any atom is 0.217 e. The van der Waals surface area contributed by atoms with Gasteiger partial charge in [-0.05, 0) is 56.7 Å². The summed E-state index contributed by atoms with van der Waals surface area (Å²) in [5, 5.41) is 17.7. The second kappa shape index (κ2) is 11.0. The molecule has 0 aromatic heterocycles. The van der Waals surface area contributed by atoms with Crippen LogP contribution < -0.4 is 20.3 Å². The number of carbonyl (C=O) groups is 1. The van der Waals surface area contributed by atoms with Crippen molar-refractivity contribution in [3.8, 4) is 5.75 Å². The molecule has 1 fully saturated rings. The highest BCUT2D eigenvalue weighted by atomic mass is 16.5. The summed E-state index contributed by atoms with van der Waals surface area (Å²) < 4.78 is 6.58. The molecular formula is C29H41N3O3. The van der Waals surface area contributed by atoms with Crippen LogP contribution in [-0.2, 0) is 17.6 Å². The summed E-state index contributed by atoms with van der Waals surface area (Å²) in [4.78, 5) is 14.3. The van der Waals surface area contributed by atoms with Gasteiger partial charge in [0, 0.05) is 44.6 Å². The zero-order valence-corrected chi connectivity index (χ0v) is 21.6. The number of rotatable bonds is 9. The van der Waals surface area contributed by atoms with Crippen LogP contribution in [0.15, 0.2) is 42.5 Å². The molecule has 3 N–H and O–H groups in total. The number of fused-ring (bicyclic) bond motifs is 1. The minimum absolute atomic E-state index is 0.0611. The number of aliphatic hydroxyl groups excluding tert-OH is 1. The largest absolute Gasteiger partial charge is 0.485 e. The minimum Gasteiger partial charge on any atom is -0.485 e.